The van der Waals surface area contributed by atoms with Gasteiger partial charge >= 0.3 is 5.97 Å². The number of aryl methyl sites for hydroxylation is 1. The molecule has 2 rings (SSSR count). The summed E-state index contributed by atoms with van der Waals surface area (Å²) in [6.07, 6.45) is 1.18. The van der Waals surface area contributed by atoms with E-state index in [4.69, 9.17) is 5.11 Å². The highest BCUT2D eigenvalue weighted by atomic mass is 19.1. The van der Waals surface area contributed by atoms with Crippen LogP contribution in [-0.2, 0) is 9.59 Å². The summed E-state index contributed by atoms with van der Waals surface area (Å²) in [5.74, 6) is -2.72. The Labute approximate surface area is 139 Å². The van der Waals surface area contributed by atoms with E-state index in [0.717, 1.165) is 6.07 Å². The number of carboxylic acid groups (broad SMARTS) is 1. The highest BCUT2D eigenvalue weighted by molar-refractivity contribution is 5.96. The Kier molecular flexibility index (Phi) is 5.54. The molecule has 1 N–H and O–H groups in total. The van der Waals surface area contributed by atoms with Crippen molar-refractivity contribution in [2.24, 2.45) is 5.92 Å². The molecule has 1 unspecified atom stereocenters. The van der Waals surface area contributed by atoms with Gasteiger partial charge in [-0.15, -0.1) is 0 Å². The molecule has 1 fully saturated rings. The molecule has 0 radical (unpaired) electrons. The first-order valence-corrected chi connectivity index (χ1v) is 7.81. The van der Waals surface area contributed by atoms with Gasteiger partial charge in [-0.1, -0.05) is 0 Å². The van der Waals surface area contributed by atoms with Crippen LogP contribution >= 0.6 is 0 Å². The van der Waals surface area contributed by atoms with Gasteiger partial charge in [-0.05, 0) is 43.5 Å². The Bertz CT molecular complexity index is 642. The number of hydrogen-bond acceptors (Lipinski definition) is 3. The Hall–Kier alpha value is -2.44. The van der Waals surface area contributed by atoms with Crippen LogP contribution in [0.25, 0.3) is 0 Å². The molecule has 1 atom stereocenters. The van der Waals surface area contributed by atoms with Gasteiger partial charge in [-0.2, -0.15) is 0 Å². The molecule has 1 heterocycles. The molecule has 1 saturated heterocycles. The average Bonchev–Trinajstić information content (AvgIpc) is 2.53. The third kappa shape index (κ3) is 4.31. The first-order chi connectivity index (χ1) is 11.3. The van der Waals surface area contributed by atoms with E-state index in [9.17, 15) is 18.8 Å². The molecule has 0 aliphatic carbocycles. The fourth-order valence-electron chi connectivity index (χ4n) is 2.86. The van der Waals surface area contributed by atoms with Crippen LogP contribution in [0.15, 0.2) is 18.2 Å². The molecular weight excluding hydrogens is 315 g/mol. The normalized spacial score (nSPS) is 17.5. The van der Waals surface area contributed by atoms with Crippen LogP contribution in [0.1, 0.15) is 28.8 Å². The fourth-order valence-corrected chi connectivity index (χ4v) is 2.86. The molecule has 1 aliphatic rings. The highest BCUT2D eigenvalue weighted by Gasteiger charge is 2.29. The number of likely N-dealkylation sites (N-methyl/N-ethyl adjacent to an activating group) is 1. The third-order valence-corrected chi connectivity index (χ3v) is 4.13. The van der Waals surface area contributed by atoms with Gasteiger partial charge < -0.3 is 14.9 Å². The summed E-state index contributed by atoms with van der Waals surface area (Å²) in [4.78, 5) is 38.4. The van der Waals surface area contributed by atoms with E-state index in [1.165, 1.54) is 22.9 Å². The van der Waals surface area contributed by atoms with Crippen LogP contribution in [0.2, 0.25) is 0 Å². The van der Waals surface area contributed by atoms with E-state index in [1.807, 2.05) is 0 Å². The monoisotopic (exact) mass is 336 g/mol. The van der Waals surface area contributed by atoms with E-state index in [2.05, 4.69) is 0 Å². The highest BCUT2D eigenvalue weighted by Crippen LogP contribution is 2.17. The second-order valence-corrected chi connectivity index (χ2v) is 6.20. The van der Waals surface area contributed by atoms with Crippen LogP contribution in [0.4, 0.5) is 4.39 Å². The van der Waals surface area contributed by atoms with Gasteiger partial charge in [0.25, 0.3) is 5.91 Å². The van der Waals surface area contributed by atoms with Crippen molar-refractivity contribution in [2.45, 2.75) is 19.8 Å². The minimum absolute atomic E-state index is 0.162. The lowest BCUT2D eigenvalue weighted by Gasteiger charge is -2.32. The standard InChI is InChI=1S/C17H21FN2O4/c1-11-6-13(8-14(18)7-11)16(22)19(2)10-15(21)20-5-3-4-12(9-20)17(23)24/h6-8,12H,3-5,9-10H2,1-2H3,(H,23,24). The number of carbonyl (C=O) groups is 3. The maximum absolute atomic E-state index is 13.4. The van der Waals surface area contributed by atoms with E-state index in [-0.39, 0.29) is 24.6 Å². The van der Waals surface area contributed by atoms with Gasteiger partial charge in [-0.3, -0.25) is 14.4 Å². The van der Waals surface area contributed by atoms with Crippen LogP contribution in [-0.4, -0.2) is 59.4 Å². The van der Waals surface area contributed by atoms with Crippen molar-refractivity contribution in [3.05, 3.63) is 35.1 Å². The van der Waals surface area contributed by atoms with Gasteiger partial charge in [0.1, 0.15) is 5.82 Å². The van der Waals surface area contributed by atoms with E-state index in [1.54, 1.807) is 13.0 Å². The molecule has 130 valence electrons. The van der Waals surface area contributed by atoms with Crippen molar-refractivity contribution in [2.75, 3.05) is 26.7 Å². The lowest BCUT2D eigenvalue weighted by molar-refractivity contribution is -0.145. The van der Waals surface area contributed by atoms with E-state index >= 15 is 0 Å². The summed E-state index contributed by atoms with van der Waals surface area (Å²) in [5.41, 5.74) is 0.809. The fraction of sp³-hybridized carbons (Fsp3) is 0.471. The molecule has 1 aromatic carbocycles. The maximum Gasteiger partial charge on any atom is 0.308 e. The molecule has 0 spiro atoms. The zero-order valence-corrected chi connectivity index (χ0v) is 13.8. The predicted octanol–water partition coefficient (Wildman–Crippen LogP) is 1.53. The largest absolute Gasteiger partial charge is 0.481 e. The number of aliphatic carboxylic acids is 1. The number of piperidine rings is 1. The number of nitrogens with zero attached hydrogens (tertiary/aromatic N) is 2. The number of benzene rings is 1. The SMILES string of the molecule is Cc1cc(F)cc(C(=O)N(C)CC(=O)N2CCCC(C(=O)O)C2)c1. The van der Waals surface area contributed by atoms with Crippen LogP contribution in [0, 0.1) is 18.7 Å². The lowest BCUT2D eigenvalue weighted by atomic mass is 9.98. The summed E-state index contributed by atoms with van der Waals surface area (Å²) >= 11 is 0. The van der Waals surface area contributed by atoms with Gasteiger partial charge in [0.05, 0.1) is 12.5 Å². The molecule has 0 aromatic heterocycles. The van der Waals surface area contributed by atoms with Crippen molar-refractivity contribution in [1.29, 1.82) is 0 Å². The Morgan fingerprint density at radius 3 is 2.67 bits per heavy atom. The maximum atomic E-state index is 13.4. The van der Waals surface area contributed by atoms with Crippen LogP contribution < -0.4 is 0 Å². The van der Waals surface area contributed by atoms with Crippen molar-refractivity contribution in [1.82, 2.24) is 9.80 Å². The summed E-state index contributed by atoms with van der Waals surface area (Å²) in [6.45, 7) is 2.17. The van der Waals surface area contributed by atoms with Crippen LogP contribution in [0.5, 0.6) is 0 Å². The van der Waals surface area contributed by atoms with E-state index in [0.29, 0.717) is 24.9 Å². The zero-order valence-electron chi connectivity index (χ0n) is 13.8. The van der Waals surface area contributed by atoms with E-state index < -0.39 is 23.6 Å². The van der Waals surface area contributed by atoms with Gasteiger partial charge in [0.2, 0.25) is 5.91 Å². The third-order valence-electron chi connectivity index (χ3n) is 4.13. The number of hydrogen-bond donors (Lipinski definition) is 1. The zero-order chi connectivity index (χ0) is 17.9. The first kappa shape index (κ1) is 17.9. The molecule has 1 aliphatic heterocycles. The average molecular weight is 336 g/mol. The molecule has 0 saturated carbocycles. The summed E-state index contributed by atoms with van der Waals surface area (Å²) in [7, 11) is 1.47. The molecule has 7 heteroatoms. The van der Waals surface area contributed by atoms with Gasteiger partial charge in [-0.25, -0.2) is 4.39 Å². The number of halogens is 1. The molecule has 6 nitrogen and oxygen atoms in total. The van der Waals surface area contributed by atoms with Gasteiger partial charge in [0.15, 0.2) is 0 Å². The minimum atomic E-state index is -0.910. The number of amides is 2. The topological polar surface area (TPSA) is 77.9 Å². The molecular formula is C17H21FN2O4. The van der Waals surface area contributed by atoms with Crippen molar-refractivity contribution in [3.63, 3.8) is 0 Å². The van der Waals surface area contributed by atoms with Gasteiger partial charge in [0, 0.05) is 25.7 Å². The Balaban J connectivity index is 2.00. The molecule has 2 amide bonds. The molecule has 24 heavy (non-hydrogen) atoms. The number of carbonyl (C=O) groups excluding carboxylic acids is 2. The number of likely N-dealkylation sites (tertiary alicyclic amines) is 1. The van der Waals surface area contributed by atoms with Crippen molar-refractivity contribution >= 4 is 17.8 Å². The number of carboxylic acids is 1. The Morgan fingerprint density at radius 1 is 1.33 bits per heavy atom. The molecule has 1 aromatic rings. The smallest absolute Gasteiger partial charge is 0.308 e. The minimum Gasteiger partial charge on any atom is -0.481 e. The second kappa shape index (κ2) is 7.42. The van der Waals surface area contributed by atoms with Crippen molar-refractivity contribution in [3.8, 4) is 0 Å². The summed E-state index contributed by atoms with van der Waals surface area (Å²) in [5, 5.41) is 9.07. The van der Waals surface area contributed by atoms with Crippen LogP contribution in [0.3, 0.4) is 0 Å². The molecule has 0 bridgehead atoms. The predicted molar refractivity (Wildman–Crippen MR) is 85.0 cm³/mol. The summed E-state index contributed by atoms with van der Waals surface area (Å²) in [6, 6.07) is 4.02. The summed E-state index contributed by atoms with van der Waals surface area (Å²) < 4.78 is 13.4. The Morgan fingerprint density at radius 2 is 2.04 bits per heavy atom. The quantitative estimate of drug-likeness (QED) is 0.904. The second-order valence-electron chi connectivity index (χ2n) is 6.20. The first-order valence-electron chi connectivity index (χ1n) is 7.81. The number of rotatable bonds is 4. The lowest BCUT2D eigenvalue weighted by Crippen LogP contribution is -2.46. The van der Waals surface area contributed by atoms with Crippen molar-refractivity contribution < 1.29 is 23.9 Å².